The Labute approximate surface area is 86.6 Å². The largest absolute Gasteiger partial charge is 0.398 e. The summed E-state index contributed by atoms with van der Waals surface area (Å²) in [6.07, 6.45) is 3.38. The van der Waals surface area contributed by atoms with Crippen LogP contribution in [0.5, 0.6) is 0 Å². The van der Waals surface area contributed by atoms with Crippen molar-refractivity contribution in [3.63, 3.8) is 0 Å². The van der Waals surface area contributed by atoms with Crippen LogP contribution >= 0.6 is 0 Å². The molecule has 3 heteroatoms. The lowest BCUT2D eigenvalue weighted by Crippen LogP contribution is -1.90. The number of nitrogens with two attached hydrogens (primary N) is 1. The molecule has 0 fully saturated rings. The van der Waals surface area contributed by atoms with Crippen LogP contribution in [0.15, 0.2) is 42.7 Å². The second kappa shape index (κ2) is 2.92. The van der Waals surface area contributed by atoms with Gasteiger partial charge in [-0.1, -0.05) is 24.3 Å². The number of anilines is 1. The van der Waals surface area contributed by atoms with Crippen molar-refractivity contribution in [2.75, 3.05) is 5.73 Å². The Morgan fingerprint density at radius 3 is 2.53 bits per heavy atom. The fourth-order valence-electron chi connectivity index (χ4n) is 1.83. The molecule has 3 nitrogen and oxygen atoms in total. The van der Waals surface area contributed by atoms with Crippen molar-refractivity contribution in [3.8, 4) is 0 Å². The molecule has 0 saturated carbocycles. The summed E-state index contributed by atoms with van der Waals surface area (Å²) in [5, 5.41) is 2.09. The zero-order valence-electron chi connectivity index (χ0n) is 8.01. The summed E-state index contributed by atoms with van der Waals surface area (Å²) < 4.78 is 0. The summed E-state index contributed by atoms with van der Waals surface area (Å²) in [4.78, 5) is 8.58. The smallest absolute Gasteiger partial charge is 0.0966 e. The minimum Gasteiger partial charge on any atom is -0.398 e. The van der Waals surface area contributed by atoms with Crippen LogP contribution < -0.4 is 5.73 Å². The van der Waals surface area contributed by atoms with E-state index < -0.39 is 0 Å². The van der Waals surface area contributed by atoms with Crippen LogP contribution in [0.4, 0.5) is 5.69 Å². The molecule has 3 aromatic rings. The summed E-state index contributed by atoms with van der Waals surface area (Å²) in [6, 6.07) is 9.84. The number of benzene rings is 2. The minimum atomic E-state index is 0.749. The molecule has 0 aliphatic rings. The highest BCUT2D eigenvalue weighted by molar-refractivity contribution is 6.09. The molecule has 0 unspecified atom stereocenters. The molecular formula is C12H9N3. The first kappa shape index (κ1) is 8.17. The van der Waals surface area contributed by atoms with E-state index in [0.717, 1.165) is 27.5 Å². The second-order valence-corrected chi connectivity index (χ2v) is 3.44. The number of hydrogen-bond acceptors (Lipinski definition) is 3. The van der Waals surface area contributed by atoms with E-state index in [4.69, 9.17) is 5.73 Å². The third kappa shape index (κ3) is 1.13. The van der Waals surface area contributed by atoms with Crippen LogP contribution in [0.2, 0.25) is 0 Å². The molecule has 2 N–H and O–H groups in total. The minimum absolute atomic E-state index is 0.749. The van der Waals surface area contributed by atoms with E-state index in [0.29, 0.717) is 0 Å². The Balaban J connectivity index is 2.64. The highest BCUT2D eigenvalue weighted by atomic mass is 14.8. The first-order valence-electron chi connectivity index (χ1n) is 4.74. The molecule has 0 saturated heterocycles. The average molecular weight is 195 g/mol. The third-order valence-corrected chi connectivity index (χ3v) is 2.51. The maximum atomic E-state index is 5.95. The molecule has 0 spiro atoms. The van der Waals surface area contributed by atoms with Gasteiger partial charge in [0, 0.05) is 28.9 Å². The number of aromatic nitrogens is 2. The molecule has 0 aliphatic carbocycles. The zero-order chi connectivity index (χ0) is 10.3. The Bertz CT molecular complexity index is 646. The van der Waals surface area contributed by atoms with Crippen molar-refractivity contribution in [2.24, 2.45) is 0 Å². The fraction of sp³-hybridized carbons (Fsp3) is 0. The van der Waals surface area contributed by atoms with Crippen molar-refractivity contribution in [1.29, 1.82) is 0 Å². The van der Waals surface area contributed by atoms with Gasteiger partial charge in [0.2, 0.25) is 0 Å². The first-order valence-corrected chi connectivity index (χ1v) is 4.74. The summed E-state index contributed by atoms with van der Waals surface area (Å²) >= 11 is 0. The lowest BCUT2D eigenvalue weighted by Gasteiger charge is -2.04. The Kier molecular flexibility index (Phi) is 1.59. The maximum Gasteiger partial charge on any atom is 0.0966 e. The predicted octanol–water partition coefficient (Wildman–Crippen LogP) is 2.37. The normalized spacial score (nSPS) is 10.9. The highest BCUT2D eigenvalue weighted by Crippen LogP contribution is 2.27. The van der Waals surface area contributed by atoms with Crippen LogP contribution in [0.25, 0.3) is 21.8 Å². The summed E-state index contributed by atoms with van der Waals surface area (Å²) in [5.41, 5.74) is 8.45. The number of fused-ring (bicyclic) bond motifs is 3. The number of rotatable bonds is 0. The Morgan fingerprint density at radius 2 is 1.67 bits per heavy atom. The average Bonchev–Trinajstić information content (AvgIpc) is 2.30. The predicted molar refractivity (Wildman–Crippen MR) is 61.5 cm³/mol. The van der Waals surface area contributed by atoms with E-state index in [9.17, 15) is 0 Å². The van der Waals surface area contributed by atoms with E-state index in [1.54, 1.807) is 12.4 Å². The van der Waals surface area contributed by atoms with Crippen molar-refractivity contribution in [2.45, 2.75) is 0 Å². The molecule has 1 heterocycles. The maximum absolute atomic E-state index is 5.95. The van der Waals surface area contributed by atoms with Gasteiger partial charge in [0.1, 0.15) is 0 Å². The second-order valence-electron chi connectivity index (χ2n) is 3.44. The summed E-state index contributed by atoms with van der Waals surface area (Å²) in [5.74, 6) is 0. The van der Waals surface area contributed by atoms with E-state index in [-0.39, 0.29) is 0 Å². The van der Waals surface area contributed by atoms with E-state index >= 15 is 0 Å². The van der Waals surface area contributed by atoms with Gasteiger partial charge in [-0.2, -0.15) is 0 Å². The van der Waals surface area contributed by atoms with Gasteiger partial charge in [-0.15, -0.1) is 0 Å². The molecule has 2 aromatic carbocycles. The molecule has 72 valence electrons. The van der Waals surface area contributed by atoms with Crippen LogP contribution in [-0.4, -0.2) is 9.97 Å². The Morgan fingerprint density at radius 1 is 0.933 bits per heavy atom. The number of nitrogens with zero attached hydrogens (tertiary/aromatic N) is 2. The van der Waals surface area contributed by atoms with Crippen LogP contribution in [0.1, 0.15) is 0 Å². The quantitative estimate of drug-likeness (QED) is 0.442. The van der Waals surface area contributed by atoms with Gasteiger partial charge in [-0.25, -0.2) is 0 Å². The van der Waals surface area contributed by atoms with E-state index in [1.807, 2.05) is 30.3 Å². The lowest BCUT2D eigenvalue weighted by atomic mass is 10.1. The van der Waals surface area contributed by atoms with Crippen molar-refractivity contribution in [1.82, 2.24) is 9.97 Å². The Hall–Kier alpha value is -2.16. The highest BCUT2D eigenvalue weighted by Gasteiger charge is 2.04. The van der Waals surface area contributed by atoms with Crippen LogP contribution in [0, 0.1) is 0 Å². The van der Waals surface area contributed by atoms with Gasteiger partial charge >= 0.3 is 0 Å². The topological polar surface area (TPSA) is 51.8 Å². The molecule has 3 rings (SSSR count). The molecule has 0 bridgehead atoms. The number of hydrogen-bond donors (Lipinski definition) is 1. The fourth-order valence-corrected chi connectivity index (χ4v) is 1.83. The molecule has 0 radical (unpaired) electrons. The first-order chi connectivity index (χ1) is 7.36. The SMILES string of the molecule is Nc1cc2nccnc2c2ccccc12. The van der Waals surface area contributed by atoms with Gasteiger partial charge < -0.3 is 5.73 Å². The van der Waals surface area contributed by atoms with E-state index in [1.165, 1.54) is 0 Å². The molecule has 1 aromatic heterocycles. The van der Waals surface area contributed by atoms with Gasteiger partial charge in [0.25, 0.3) is 0 Å². The molecule has 15 heavy (non-hydrogen) atoms. The van der Waals surface area contributed by atoms with Gasteiger partial charge in [0.05, 0.1) is 11.0 Å². The molecule has 0 atom stereocenters. The van der Waals surface area contributed by atoms with Crippen molar-refractivity contribution >= 4 is 27.5 Å². The third-order valence-electron chi connectivity index (χ3n) is 2.51. The summed E-state index contributed by atoms with van der Waals surface area (Å²) in [6.45, 7) is 0. The monoisotopic (exact) mass is 195 g/mol. The molecular weight excluding hydrogens is 186 g/mol. The zero-order valence-corrected chi connectivity index (χ0v) is 8.01. The van der Waals surface area contributed by atoms with Gasteiger partial charge in [-0.05, 0) is 6.07 Å². The van der Waals surface area contributed by atoms with Gasteiger partial charge in [-0.3, -0.25) is 9.97 Å². The van der Waals surface area contributed by atoms with Crippen molar-refractivity contribution < 1.29 is 0 Å². The lowest BCUT2D eigenvalue weighted by molar-refractivity contribution is 1.30. The van der Waals surface area contributed by atoms with Crippen LogP contribution in [-0.2, 0) is 0 Å². The summed E-state index contributed by atoms with van der Waals surface area (Å²) in [7, 11) is 0. The number of nitrogen functional groups attached to an aromatic ring is 1. The standard InChI is InChI=1S/C12H9N3/c13-10-7-11-12(15-6-5-14-11)9-4-2-1-3-8(9)10/h1-7H,13H2. The van der Waals surface area contributed by atoms with Gasteiger partial charge in [0.15, 0.2) is 0 Å². The molecule has 0 aliphatic heterocycles. The van der Waals surface area contributed by atoms with Crippen molar-refractivity contribution in [3.05, 3.63) is 42.7 Å². The molecule has 0 amide bonds. The van der Waals surface area contributed by atoms with Crippen LogP contribution in [0.3, 0.4) is 0 Å². The van der Waals surface area contributed by atoms with E-state index in [2.05, 4.69) is 9.97 Å².